The van der Waals surface area contributed by atoms with Crippen LogP contribution in [-0.4, -0.2) is 34.6 Å². The lowest BCUT2D eigenvalue weighted by Gasteiger charge is -2.09. The van der Waals surface area contributed by atoms with Gasteiger partial charge in [0.15, 0.2) is 9.84 Å². The third-order valence-corrected chi connectivity index (χ3v) is 7.43. The van der Waals surface area contributed by atoms with Crippen LogP contribution in [-0.2, 0) is 26.3 Å². The van der Waals surface area contributed by atoms with Crippen LogP contribution < -0.4 is 4.72 Å². The fourth-order valence-corrected chi connectivity index (χ4v) is 5.19. The second-order valence-electron chi connectivity index (χ2n) is 6.02. The maximum atomic E-state index is 12.6. The van der Waals surface area contributed by atoms with Crippen LogP contribution >= 0.6 is 15.9 Å². The number of rotatable bonds is 7. The monoisotopic (exact) mass is 484 g/mol. The van der Waals surface area contributed by atoms with E-state index in [9.17, 15) is 16.8 Å². The zero-order chi connectivity index (χ0) is 20.4. The summed E-state index contributed by atoms with van der Waals surface area (Å²) in [6.45, 7) is 0.0820. The summed E-state index contributed by atoms with van der Waals surface area (Å²) in [5.74, 6) is 0.460. The molecule has 0 amide bonds. The average Bonchev–Trinajstić information content (AvgIpc) is 3.10. The Bertz CT molecular complexity index is 1190. The SMILES string of the molecule is CS(=O)(=O)c1ccc(Br)c(S(=O)(=O)NCCc2coc(-c3ccccc3)n2)c1. The lowest BCUT2D eigenvalue weighted by molar-refractivity contribution is 0.570. The van der Waals surface area contributed by atoms with Crippen molar-refractivity contribution in [1.29, 1.82) is 0 Å². The van der Waals surface area contributed by atoms with Crippen LogP contribution in [0.25, 0.3) is 11.5 Å². The van der Waals surface area contributed by atoms with Crippen molar-refractivity contribution in [3.8, 4) is 11.5 Å². The fraction of sp³-hybridized carbons (Fsp3) is 0.167. The maximum absolute atomic E-state index is 12.6. The van der Waals surface area contributed by atoms with Gasteiger partial charge >= 0.3 is 0 Å². The minimum Gasteiger partial charge on any atom is -0.444 e. The summed E-state index contributed by atoms with van der Waals surface area (Å²) in [4.78, 5) is 4.14. The summed E-state index contributed by atoms with van der Waals surface area (Å²) >= 11 is 3.16. The van der Waals surface area contributed by atoms with Gasteiger partial charge in [0.25, 0.3) is 0 Å². The van der Waals surface area contributed by atoms with E-state index < -0.39 is 19.9 Å². The quantitative estimate of drug-likeness (QED) is 0.552. The van der Waals surface area contributed by atoms with Crippen molar-refractivity contribution in [2.24, 2.45) is 0 Å². The largest absolute Gasteiger partial charge is 0.444 e. The number of oxazole rings is 1. The Labute approximate surface area is 171 Å². The third kappa shape index (κ3) is 4.88. The first-order valence-corrected chi connectivity index (χ1v) is 12.3. The molecule has 1 aromatic heterocycles. The molecule has 0 saturated heterocycles. The minimum absolute atomic E-state index is 0.0694. The van der Waals surface area contributed by atoms with E-state index in [-0.39, 0.29) is 20.8 Å². The summed E-state index contributed by atoms with van der Waals surface area (Å²) in [6, 6.07) is 13.2. The van der Waals surface area contributed by atoms with Gasteiger partial charge in [-0.1, -0.05) is 18.2 Å². The zero-order valence-corrected chi connectivity index (χ0v) is 18.0. The van der Waals surface area contributed by atoms with Gasteiger partial charge in [-0.05, 0) is 46.3 Å². The first kappa shape index (κ1) is 20.7. The molecule has 7 nitrogen and oxygen atoms in total. The van der Waals surface area contributed by atoms with Gasteiger partial charge < -0.3 is 4.42 Å². The summed E-state index contributed by atoms with van der Waals surface area (Å²) in [5.41, 5.74) is 1.43. The van der Waals surface area contributed by atoms with Gasteiger partial charge in [-0.15, -0.1) is 0 Å². The van der Waals surface area contributed by atoms with Crippen molar-refractivity contribution in [2.45, 2.75) is 16.2 Å². The molecular weight excluding hydrogens is 468 g/mol. The fourth-order valence-electron chi connectivity index (χ4n) is 2.45. The van der Waals surface area contributed by atoms with E-state index in [2.05, 4.69) is 25.6 Å². The molecule has 3 aromatic rings. The van der Waals surface area contributed by atoms with E-state index in [1.165, 1.54) is 18.4 Å². The molecule has 1 N–H and O–H groups in total. The maximum Gasteiger partial charge on any atom is 0.241 e. The van der Waals surface area contributed by atoms with Crippen LogP contribution in [0.2, 0.25) is 0 Å². The number of hydrogen-bond acceptors (Lipinski definition) is 6. The lowest BCUT2D eigenvalue weighted by Crippen LogP contribution is -2.26. The number of aromatic nitrogens is 1. The van der Waals surface area contributed by atoms with Crippen molar-refractivity contribution in [1.82, 2.24) is 9.71 Å². The number of nitrogens with one attached hydrogen (secondary N) is 1. The van der Waals surface area contributed by atoms with E-state index in [0.717, 1.165) is 17.9 Å². The molecule has 0 aliphatic rings. The van der Waals surface area contributed by atoms with Gasteiger partial charge in [0.2, 0.25) is 15.9 Å². The molecule has 2 aromatic carbocycles. The standard InChI is InChI=1S/C18H17BrN2O5S2/c1-27(22,23)15-7-8-16(19)17(11-15)28(24,25)20-10-9-14-12-26-18(21-14)13-5-3-2-4-6-13/h2-8,11-12,20H,9-10H2,1H3. The summed E-state index contributed by atoms with van der Waals surface area (Å²) < 4.78 is 56.7. The summed E-state index contributed by atoms with van der Waals surface area (Å²) in [6.07, 6.45) is 2.82. The predicted molar refractivity (Wildman–Crippen MR) is 108 cm³/mol. The summed E-state index contributed by atoms with van der Waals surface area (Å²) in [7, 11) is -7.43. The second kappa shape index (κ2) is 8.16. The van der Waals surface area contributed by atoms with Crippen LogP contribution in [0.5, 0.6) is 0 Å². The first-order valence-electron chi connectivity index (χ1n) is 8.16. The molecule has 0 unspecified atom stereocenters. The molecule has 0 radical (unpaired) electrons. The Hall–Kier alpha value is -2.01. The van der Waals surface area contributed by atoms with Crippen molar-refractivity contribution in [2.75, 3.05) is 12.8 Å². The van der Waals surface area contributed by atoms with Gasteiger partial charge in [0.05, 0.1) is 15.5 Å². The Morgan fingerprint density at radius 1 is 1.07 bits per heavy atom. The molecule has 28 heavy (non-hydrogen) atoms. The normalized spacial score (nSPS) is 12.2. The average molecular weight is 485 g/mol. The molecule has 0 aliphatic heterocycles. The highest BCUT2D eigenvalue weighted by Crippen LogP contribution is 2.25. The van der Waals surface area contributed by atoms with Crippen molar-refractivity contribution in [3.63, 3.8) is 0 Å². The van der Waals surface area contributed by atoms with Gasteiger partial charge in [-0.2, -0.15) is 0 Å². The number of halogens is 1. The van der Waals surface area contributed by atoms with E-state index in [4.69, 9.17) is 4.42 Å². The van der Waals surface area contributed by atoms with Crippen LogP contribution in [0, 0.1) is 0 Å². The number of sulfonamides is 1. The highest BCUT2D eigenvalue weighted by molar-refractivity contribution is 9.10. The molecule has 3 rings (SSSR count). The van der Waals surface area contributed by atoms with Crippen LogP contribution in [0.3, 0.4) is 0 Å². The van der Waals surface area contributed by atoms with E-state index in [1.54, 1.807) is 0 Å². The van der Waals surface area contributed by atoms with Crippen molar-refractivity contribution < 1.29 is 21.3 Å². The molecule has 10 heteroatoms. The predicted octanol–water partition coefficient (Wildman–Crippen LogP) is 3.03. The minimum atomic E-state index is -3.91. The Morgan fingerprint density at radius 2 is 1.79 bits per heavy atom. The Morgan fingerprint density at radius 3 is 2.46 bits per heavy atom. The van der Waals surface area contributed by atoms with E-state index >= 15 is 0 Å². The van der Waals surface area contributed by atoms with Gasteiger partial charge in [-0.25, -0.2) is 26.5 Å². The summed E-state index contributed by atoms with van der Waals surface area (Å²) in [5, 5.41) is 0. The van der Waals surface area contributed by atoms with Gasteiger partial charge in [0, 0.05) is 29.3 Å². The molecule has 0 spiro atoms. The van der Waals surface area contributed by atoms with Crippen LogP contribution in [0.4, 0.5) is 0 Å². The third-order valence-electron chi connectivity index (χ3n) is 3.87. The highest BCUT2D eigenvalue weighted by Gasteiger charge is 2.20. The van der Waals surface area contributed by atoms with Gasteiger partial charge in [0.1, 0.15) is 6.26 Å². The molecule has 148 valence electrons. The number of hydrogen-bond donors (Lipinski definition) is 1. The Balaban J connectivity index is 1.70. The number of sulfone groups is 1. The van der Waals surface area contributed by atoms with Crippen LogP contribution in [0.1, 0.15) is 5.69 Å². The molecule has 0 atom stereocenters. The molecular formula is C18H17BrN2O5S2. The molecule has 0 bridgehead atoms. The lowest BCUT2D eigenvalue weighted by atomic mass is 10.2. The molecule has 1 heterocycles. The first-order chi connectivity index (χ1) is 13.2. The number of nitrogens with zero attached hydrogens (tertiary/aromatic N) is 1. The van der Waals surface area contributed by atoms with Crippen molar-refractivity contribution in [3.05, 3.63) is 65.0 Å². The molecule has 0 saturated carbocycles. The highest BCUT2D eigenvalue weighted by atomic mass is 79.9. The smallest absolute Gasteiger partial charge is 0.241 e. The molecule has 0 aliphatic carbocycles. The number of benzene rings is 2. The van der Waals surface area contributed by atoms with Crippen molar-refractivity contribution >= 4 is 35.8 Å². The Kier molecular flexibility index (Phi) is 6.04. The van der Waals surface area contributed by atoms with Crippen LogP contribution in [0.15, 0.2) is 73.5 Å². The van der Waals surface area contributed by atoms with E-state index in [0.29, 0.717) is 18.0 Å². The van der Waals surface area contributed by atoms with E-state index in [1.807, 2.05) is 30.3 Å². The molecule has 0 fully saturated rings. The van der Waals surface area contributed by atoms with Gasteiger partial charge in [-0.3, -0.25) is 0 Å². The zero-order valence-electron chi connectivity index (χ0n) is 14.8. The topological polar surface area (TPSA) is 106 Å². The second-order valence-corrected chi connectivity index (χ2v) is 10.6.